The molecule has 2 aliphatic carbocycles. The third-order valence-corrected chi connectivity index (χ3v) is 5.14. The lowest BCUT2D eigenvalue weighted by molar-refractivity contribution is -0.131. The number of aliphatic imine (C=N–C) groups is 1. The fourth-order valence-corrected chi connectivity index (χ4v) is 3.92. The van der Waals surface area contributed by atoms with Gasteiger partial charge in [0, 0.05) is 11.1 Å². The highest BCUT2D eigenvalue weighted by molar-refractivity contribution is 5.98. The Kier molecular flexibility index (Phi) is 4.28. The third kappa shape index (κ3) is 2.81. The fraction of sp³-hybridized carbons (Fsp3) is 0.450. The Bertz CT molecular complexity index is 798. The van der Waals surface area contributed by atoms with Gasteiger partial charge in [-0.1, -0.05) is 18.2 Å². The first-order chi connectivity index (χ1) is 11.9. The van der Waals surface area contributed by atoms with Gasteiger partial charge in [0.15, 0.2) is 0 Å². The number of carbonyl (C=O) groups is 1. The first-order valence-corrected chi connectivity index (χ1v) is 8.94. The molecule has 0 radical (unpaired) electrons. The zero-order valence-electron chi connectivity index (χ0n) is 13.8. The summed E-state index contributed by atoms with van der Waals surface area (Å²) >= 11 is 0. The predicted molar refractivity (Wildman–Crippen MR) is 94.9 cm³/mol. The van der Waals surface area contributed by atoms with E-state index in [1.54, 1.807) is 0 Å². The van der Waals surface area contributed by atoms with Gasteiger partial charge in [-0.2, -0.15) is 0 Å². The number of pyridine rings is 1. The molecular weight excluding hydrogens is 300 g/mol. The number of benzene rings is 1. The van der Waals surface area contributed by atoms with Gasteiger partial charge in [0.2, 0.25) is 0 Å². The highest BCUT2D eigenvalue weighted by atomic mass is 16.5. The molecule has 0 amide bonds. The maximum atomic E-state index is 10.8. The van der Waals surface area contributed by atoms with Crippen LogP contribution in [0.2, 0.25) is 0 Å². The van der Waals surface area contributed by atoms with Crippen LogP contribution in [0.4, 0.5) is 5.69 Å². The van der Waals surface area contributed by atoms with Gasteiger partial charge >= 0.3 is 0 Å². The van der Waals surface area contributed by atoms with Crippen molar-refractivity contribution in [2.75, 3.05) is 0 Å². The molecule has 0 N–H and O–H groups in total. The Morgan fingerprint density at radius 2 is 1.92 bits per heavy atom. The van der Waals surface area contributed by atoms with Gasteiger partial charge in [0.05, 0.1) is 16.9 Å². The molecule has 0 aliphatic heterocycles. The number of aromatic nitrogens is 1. The molecule has 2 aliphatic rings. The smallest absolute Gasteiger partial charge is 0.293 e. The second-order valence-electron chi connectivity index (χ2n) is 6.68. The van der Waals surface area contributed by atoms with Crippen molar-refractivity contribution < 1.29 is 9.53 Å². The van der Waals surface area contributed by atoms with Crippen LogP contribution in [0.1, 0.15) is 49.8 Å². The number of nitrogens with zero attached hydrogens (tertiary/aromatic N) is 2. The minimum atomic E-state index is -0.164. The Hall–Kier alpha value is -2.23. The first kappa shape index (κ1) is 15.3. The Labute approximate surface area is 142 Å². The molecule has 1 aromatic heterocycles. The van der Waals surface area contributed by atoms with E-state index >= 15 is 0 Å². The number of hydrogen-bond donors (Lipinski definition) is 0. The molecule has 1 heterocycles. The number of hydrogen-bond acceptors (Lipinski definition) is 4. The maximum absolute atomic E-state index is 10.8. The van der Waals surface area contributed by atoms with Crippen LogP contribution >= 0.6 is 0 Å². The summed E-state index contributed by atoms with van der Waals surface area (Å²) < 4.78 is 5.30. The van der Waals surface area contributed by atoms with Crippen LogP contribution < -0.4 is 0 Å². The van der Waals surface area contributed by atoms with Crippen LogP contribution in [-0.2, 0) is 22.4 Å². The van der Waals surface area contributed by atoms with Gasteiger partial charge in [-0.15, -0.1) is 0 Å². The molecule has 4 rings (SSSR count). The first-order valence-electron chi connectivity index (χ1n) is 8.94. The Morgan fingerprint density at radius 3 is 2.83 bits per heavy atom. The van der Waals surface area contributed by atoms with Crippen LogP contribution in [0.15, 0.2) is 29.3 Å². The lowest BCUT2D eigenvalue weighted by Crippen LogP contribution is -2.27. The summed E-state index contributed by atoms with van der Waals surface area (Å²) in [5.41, 5.74) is 5.58. The van der Waals surface area contributed by atoms with Gasteiger partial charge < -0.3 is 4.74 Å². The molecule has 1 saturated carbocycles. The third-order valence-electron chi connectivity index (χ3n) is 5.14. The van der Waals surface area contributed by atoms with Crippen molar-refractivity contribution in [2.45, 2.75) is 57.5 Å². The molecule has 1 aromatic carbocycles. The van der Waals surface area contributed by atoms with Crippen molar-refractivity contribution in [2.24, 2.45) is 4.99 Å². The summed E-state index contributed by atoms with van der Waals surface area (Å²) in [5, 5.41) is 1.11. The summed E-state index contributed by atoms with van der Waals surface area (Å²) in [5.74, 6) is 0. The van der Waals surface area contributed by atoms with Crippen LogP contribution in [0.3, 0.4) is 0 Å². The van der Waals surface area contributed by atoms with Crippen LogP contribution in [-0.4, -0.2) is 23.3 Å². The lowest BCUT2D eigenvalue weighted by Gasteiger charge is -2.24. The molecule has 1 atom stereocenters. The molecule has 0 bridgehead atoms. The van der Waals surface area contributed by atoms with E-state index in [1.807, 2.05) is 12.1 Å². The summed E-state index contributed by atoms with van der Waals surface area (Å²) in [6.07, 6.45) is 8.29. The van der Waals surface area contributed by atoms with Gasteiger partial charge in [0.25, 0.3) is 6.47 Å². The number of rotatable bonds is 3. The molecule has 24 heavy (non-hydrogen) atoms. The number of ether oxygens (including phenoxy) is 1. The molecule has 4 heteroatoms. The van der Waals surface area contributed by atoms with Crippen LogP contribution in [0.25, 0.3) is 10.9 Å². The van der Waals surface area contributed by atoms with E-state index in [4.69, 9.17) is 14.7 Å². The topological polar surface area (TPSA) is 51.5 Å². The van der Waals surface area contributed by atoms with E-state index in [1.165, 1.54) is 24.1 Å². The minimum Gasteiger partial charge on any atom is -0.458 e. The van der Waals surface area contributed by atoms with Crippen molar-refractivity contribution in [3.63, 3.8) is 0 Å². The average Bonchev–Trinajstić information content (AvgIpc) is 2.63. The number of para-hydroxylation sites is 1. The molecular formula is C20H22N2O2. The highest BCUT2D eigenvalue weighted by Gasteiger charge is 2.24. The normalized spacial score (nSPS) is 22.3. The van der Waals surface area contributed by atoms with E-state index in [9.17, 15) is 4.79 Å². The monoisotopic (exact) mass is 322 g/mol. The van der Waals surface area contributed by atoms with Gasteiger partial charge in [-0.05, 0) is 63.0 Å². The van der Waals surface area contributed by atoms with Crippen molar-refractivity contribution in [1.29, 1.82) is 0 Å². The fourth-order valence-electron chi connectivity index (χ4n) is 3.92. The van der Waals surface area contributed by atoms with E-state index in [0.29, 0.717) is 6.47 Å². The van der Waals surface area contributed by atoms with E-state index in [2.05, 4.69) is 12.1 Å². The standard InChI is InChI=1S/C20H22N2O2/c23-13-24-19-12-6-5-11-18(19)22-20-14-7-1-3-9-16(14)21-17-10-4-2-8-15(17)20/h1,3,7,9,13,19H,2,4-6,8,10-12H2. The van der Waals surface area contributed by atoms with Crippen molar-refractivity contribution in [3.8, 4) is 0 Å². The van der Waals surface area contributed by atoms with Crippen LogP contribution in [0, 0.1) is 0 Å². The lowest BCUT2D eigenvalue weighted by atomic mass is 9.91. The predicted octanol–water partition coefficient (Wildman–Crippen LogP) is 4.30. The van der Waals surface area contributed by atoms with E-state index < -0.39 is 0 Å². The summed E-state index contributed by atoms with van der Waals surface area (Å²) in [6, 6.07) is 8.24. The number of fused-ring (bicyclic) bond motifs is 2. The molecule has 0 spiro atoms. The zero-order chi connectivity index (χ0) is 16.4. The molecule has 4 nitrogen and oxygen atoms in total. The molecule has 124 valence electrons. The van der Waals surface area contributed by atoms with Gasteiger partial charge in [-0.3, -0.25) is 14.8 Å². The second-order valence-corrected chi connectivity index (χ2v) is 6.68. The van der Waals surface area contributed by atoms with E-state index in [-0.39, 0.29) is 6.10 Å². The van der Waals surface area contributed by atoms with Gasteiger partial charge in [0.1, 0.15) is 6.10 Å². The number of aryl methyl sites for hydroxylation is 1. The van der Waals surface area contributed by atoms with Gasteiger partial charge in [-0.25, -0.2) is 0 Å². The largest absolute Gasteiger partial charge is 0.458 e. The average molecular weight is 322 g/mol. The van der Waals surface area contributed by atoms with Crippen LogP contribution in [0.5, 0.6) is 0 Å². The van der Waals surface area contributed by atoms with Crippen molar-refractivity contribution in [3.05, 3.63) is 35.5 Å². The maximum Gasteiger partial charge on any atom is 0.293 e. The SMILES string of the molecule is O=COC1CCCCC1=Nc1c2c(nc3ccccc13)CCCC2. The highest BCUT2D eigenvalue weighted by Crippen LogP contribution is 2.36. The molecule has 2 aromatic rings. The Morgan fingerprint density at radius 1 is 1.08 bits per heavy atom. The molecule has 0 saturated heterocycles. The molecule has 1 unspecified atom stereocenters. The number of carbonyl (C=O) groups excluding carboxylic acids is 1. The summed E-state index contributed by atoms with van der Waals surface area (Å²) in [7, 11) is 0. The van der Waals surface area contributed by atoms with Crippen molar-refractivity contribution in [1.82, 2.24) is 4.98 Å². The quantitative estimate of drug-likeness (QED) is 0.792. The zero-order valence-corrected chi connectivity index (χ0v) is 13.8. The summed E-state index contributed by atoms with van der Waals surface area (Å²) in [4.78, 5) is 20.7. The molecule has 1 fully saturated rings. The summed E-state index contributed by atoms with van der Waals surface area (Å²) in [6.45, 7) is 0.561. The van der Waals surface area contributed by atoms with E-state index in [0.717, 1.165) is 60.8 Å². The van der Waals surface area contributed by atoms with Crippen molar-refractivity contribution >= 4 is 28.8 Å². The second kappa shape index (κ2) is 6.71. The minimum absolute atomic E-state index is 0.164. The Balaban J connectivity index is 1.88.